The molecule has 96 valence electrons. The van der Waals surface area contributed by atoms with Gasteiger partial charge >= 0.3 is 0 Å². The minimum absolute atomic E-state index is 0.141. The smallest absolute Gasteiger partial charge is 0.133 e. The maximum atomic E-state index is 11.5. The minimum Gasteiger partial charge on any atom is -0.300 e. The summed E-state index contributed by atoms with van der Waals surface area (Å²) in [6, 6.07) is 0. The maximum Gasteiger partial charge on any atom is 0.133 e. The monoisotopic (exact) mass is 228 g/mol. The Hall–Kier alpha value is -0.660. The summed E-state index contributed by atoms with van der Waals surface area (Å²) in [6.07, 6.45) is 1.40. The van der Waals surface area contributed by atoms with Gasteiger partial charge in [-0.05, 0) is 24.7 Å². The molecule has 0 aromatic heterocycles. The molecule has 0 unspecified atom stereocenters. The van der Waals surface area contributed by atoms with Crippen LogP contribution in [0.15, 0.2) is 0 Å². The first-order valence-electron chi connectivity index (χ1n) is 5.82. The van der Waals surface area contributed by atoms with Crippen LogP contribution in [0.1, 0.15) is 68.2 Å². The number of hydrogen-bond acceptors (Lipinski definition) is 2. The first-order valence-corrected chi connectivity index (χ1v) is 5.82. The van der Waals surface area contributed by atoms with E-state index in [4.69, 9.17) is 0 Å². The highest BCUT2D eigenvalue weighted by Gasteiger charge is 2.20. The molecule has 0 aliphatic rings. The summed E-state index contributed by atoms with van der Waals surface area (Å²) >= 11 is 0. The van der Waals surface area contributed by atoms with Crippen LogP contribution in [0.4, 0.5) is 0 Å². The Morgan fingerprint density at radius 2 is 0.938 bits per heavy atom. The van der Waals surface area contributed by atoms with Crippen LogP contribution in [0, 0.1) is 10.8 Å². The van der Waals surface area contributed by atoms with Crippen molar-refractivity contribution in [3.8, 4) is 0 Å². The Morgan fingerprint density at radius 1 is 0.750 bits per heavy atom. The normalized spacial score (nSPS) is 11.5. The van der Waals surface area contributed by atoms with E-state index in [0.29, 0.717) is 18.6 Å². The molecule has 0 spiro atoms. The van der Waals surface area contributed by atoms with Crippen molar-refractivity contribution in [2.45, 2.75) is 68.2 Å². The fraction of sp³-hybridized carbons (Fsp3) is 0.857. The van der Waals surface area contributed by atoms with E-state index in [1.165, 1.54) is 13.8 Å². The molecule has 0 aliphatic heterocycles. The van der Waals surface area contributed by atoms with Gasteiger partial charge in [0, 0.05) is 12.8 Å². The zero-order valence-electron chi connectivity index (χ0n) is 12.2. The third-order valence-corrected chi connectivity index (χ3v) is 1.45. The Kier molecular flexibility index (Phi) is 7.56. The standard InChI is InChI=1S/C11H22O.C3H6O/c1-10(2,3)7-9(12)8-11(4,5)6;1-3(2)4/h7-8H2,1-6H3;1-2H3. The molecule has 0 aromatic carbocycles. The van der Waals surface area contributed by atoms with Crippen LogP contribution in [0.25, 0.3) is 0 Å². The molecule has 0 atom stereocenters. The van der Waals surface area contributed by atoms with Gasteiger partial charge in [-0.2, -0.15) is 0 Å². The zero-order valence-corrected chi connectivity index (χ0v) is 12.2. The highest BCUT2D eigenvalue weighted by molar-refractivity contribution is 5.79. The average Bonchev–Trinajstić information content (AvgIpc) is 1.72. The Labute approximate surface area is 101 Å². The van der Waals surface area contributed by atoms with Crippen LogP contribution < -0.4 is 0 Å². The number of carbonyl (C=O) groups excluding carboxylic acids is 2. The Balaban J connectivity index is 0. The van der Waals surface area contributed by atoms with E-state index in [-0.39, 0.29) is 16.6 Å². The van der Waals surface area contributed by atoms with Gasteiger partial charge in [-0.3, -0.25) is 4.79 Å². The number of Topliss-reactive ketones (excluding diaryl/α,β-unsaturated/α-hetero) is 2. The molecule has 0 saturated heterocycles. The van der Waals surface area contributed by atoms with Crippen molar-refractivity contribution in [1.29, 1.82) is 0 Å². The first kappa shape index (κ1) is 17.7. The average molecular weight is 228 g/mol. The first-order chi connectivity index (χ1) is 6.83. The largest absolute Gasteiger partial charge is 0.300 e. The topological polar surface area (TPSA) is 34.1 Å². The molecule has 0 heterocycles. The van der Waals surface area contributed by atoms with Gasteiger partial charge in [0.2, 0.25) is 0 Å². The summed E-state index contributed by atoms with van der Waals surface area (Å²) in [5, 5.41) is 0. The molecular formula is C14H28O2. The van der Waals surface area contributed by atoms with Gasteiger partial charge in [0.05, 0.1) is 0 Å². The summed E-state index contributed by atoms with van der Waals surface area (Å²) in [4.78, 5) is 20.9. The molecule has 0 bridgehead atoms. The highest BCUT2D eigenvalue weighted by atomic mass is 16.1. The molecule has 16 heavy (non-hydrogen) atoms. The van der Waals surface area contributed by atoms with E-state index in [9.17, 15) is 9.59 Å². The van der Waals surface area contributed by atoms with Gasteiger partial charge in [-0.15, -0.1) is 0 Å². The van der Waals surface area contributed by atoms with E-state index in [2.05, 4.69) is 41.5 Å². The van der Waals surface area contributed by atoms with Crippen molar-refractivity contribution in [2.75, 3.05) is 0 Å². The summed E-state index contributed by atoms with van der Waals surface area (Å²) in [5.74, 6) is 0.551. The van der Waals surface area contributed by atoms with Crippen molar-refractivity contribution >= 4 is 11.6 Å². The van der Waals surface area contributed by atoms with Crippen LogP contribution in [0.3, 0.4) is 0 Å². The van der Waals surface area contributed by atoms with Gasteiger partial charge in [-0.1, -0.05) is 41.5 Å². The number of carbonyl (C=O) groups is 2. The predicted octanol–water partition coefficient (Wildman–Crippen LogP) is 4.02. The minimum atomic E-state index is 0.141. The van der Waals surface area contributed by atoms with Gasteiger partial charge in [0.1, 0.15) is 11.6 Å². The molecule has 0 fully saturated rings. The van der Waals surface area contributed by atoms with E-state index in [1.807, 2.05) is 0 Å². The van der Waals surface area contributed by atoms with Crippen molar-refractivity contribution in [3.05, 3.63) is 0 Å². The van der Waals surface area contributed by atoms with E-state index in [0.717, 1.165) is 0 Å². The lowest BCUT2D eigenvalue weighted by atomic mass is 9.83. The molecular weight excluding hydrogens is 200 g/mol. The van der Waals surface area contributed by atoms with Crippen LogP contribution in [-0.4, -0.2) is 11.6 Å². The van der Waals surface area contributed by atoms with Crippen molar-refractivity contribution in [3.63, 3.8) is 0 Å². The molecule has 0 saturated carbocycles. The molecule has 0 aliphatic carbocycles. The van der Waals surface area contributed by atoms with Crippen LogP contribution in [0.5, 0.6) is 0 Å². The van der Waals surface area contributed by atoms with E-state index < -0.39 is 0 Å². The third-order valence-electron chi connectivity index (χ3n) is 1.45. The number of ketones is 2. The maximum absolute atomic E-state index is 11.5. The van der Waals surface area contributed by atoms with Crippen molar-refractivity contribution in [1.82, 2.24) is 0 Å². The molecule has 0 amide bonds. The molecule has 0 radical (unpaired) electrons. The van der Waals surface area contributed by atoms with Crippen LogP contribution in [0.2, 0.25) is 0 Å². The van der Waals surface area contributed by atoms with Crippen molar-refractivity contribution in [2.24, 2.45) is 10.8 Å². The lowest BCUT2D eigenvalue weighted by Crippen LogP contribution is -2.18. The second-order valence-corrected chi connectivity index (χ2v) is 6.92. The predicted molar refractivity (Wildman–Crippen MR) is 69.5 cm³/mol. The number of rotatable bonds is 2. The third kappa shape index (κ3) is 23.3. The molecule has 0 aromatic rings. The fourth-order valence-corrected chi connectivity index (χ4v) is 1.25. The van der Waals surface area contributed by atoms with Gasteiger partial charge in [-0.25, -0.2) is 0 Å². The lowest BCUT2D eigenvalue weighted by Gasteiger charge is -2.21. The zero-order chi connectivity index (χ0) is 13.6. The second kappa shape index (κ2) is 6.82. The highest BCUT2D eigenvalue weighted by Crippen LogP contribution is 2.25. The van der Waals surface area contributed by atoms with Crippen LogP contribution in [-0.2, 0) is 9.59 Å². The summed E-state index contributed by atoms with van der Waals surface area (Å²) in [6.45, 7) is 15.7. The second-order valence-electron chi connectivity index (χ2n) is 6.92. The van der Waals surface area contributed by atoms with E-state index in [1.54, 1.807) is 0 Å². The lowest BCUT2D eigenvalue weighted by molar-refractivity contribution is -0.122. The Morgan fingerprint density at radius 3 is 1.06 bits per heavy atom. The number of hydrogen-bond donors (Lipinski definition) is 0. The molecule has 2 nitrogen and oxygen atoms in total. The molecule has 2 heteroatoms. The summed E-state index contributed by atoms with van der Waals surface area (Å²) in [7, 11) is 0. The van der Waals surface area contributed by atoms with Gasteiger partial charge in [0.25, 0.3) is 0 Å². The molecule has 0 rings (SSSR count). The molecule has 0 N–H and O–H groups in total. The SMILES string of the molecule is CC(C)(C)CC(=O)CC(C)(C)C.CC(C)=O. The summed E-state index contributed by atoms with van der Waals surface area (Å²) in [5.41, 5.74) is 0.282. The quantitative estimate of drug-likeness (QED) is 0.715. The summed E-state index contributed by atoms with van der Waals surface area (Å²) < 4.78 is 0. The van der Waals surface area contributed by atoms with Gasteiger partial charge < -0.3 is 4.79 Å². The van der Waals surface area contributed by atoms with Crippen molar-refractivity contribution < 1.29 is 9.59 Å². The fourth-order valence-electron chi connectivity index (χ4n) is 1.25. The van der Waals surface area contributed by atoms with Gasteiger partial charge in [0.15, 0.2) is 0 Å². The van der Waals surface area contributed by atoms with Crippen LogP contribution >= 0.6 is 0 Å². The Bertz CT molecular complexity index is 204. The van der Waals surface area contributed by atoms with E-state index >= 15 is 0 Å².